The first-order valence-corrected chi connectivity index (χ1v) is 7.49. The number of hydrogen-bond donors (Lipinski definition) is 1. The molecule has 0 saturated carbocycles. The maximum atomic E-state index is 12.2. The fourth-order valence-corrected chi connectivity index (χ4v) is 2.53. The van der Waals surface area contributed by atoms with E-state index in [4.69, 9.17) is 16.3 Å². The van der Waals surface area contributed by atoms with E-state index in [0.29, 0.717) is 16.3 Å². The van der Waals surface area contributed by atoms with Crippen molar-refractivity contribution < 1.29 is 9.53 Å². The number of ether oxygens (including phenoxy) is 1. The molecule has 0 radical (unpaired) electrons. The van der Waals surface area contributed by atoms with Crippen LogP contribution in [-0.2, 0) is 4.79 Å². The molecule has 5 heteroatoms. The van der Waals surface area contributed by atoms with Gasteiger partial charge in [-0.1, -0.05) is 27.5 Å². The fourth-order valence-electron chi connectivity index (χ4n) is 2.02. The number of hydrogen-bond acceptors (Lipinski definition) is 2. The van der Waals surface area contributed by atoms with Crippen LogP contribution in [0.1, 0.15) is 5.56 Å². The van der Waals surface area contributed by atoms with Crippen molar-refractivity contribution in [2.24, 2.45) is 0 Å². The van der Waals surface area contributed by atoms with E-state index in [1.807, 2.05) is 24.3 Å². The predicted octanol–water partition coefficient (Wildman–Crippen LogP) is 4.52. The molecule has 1 heterocycles. The number of halogens is 2. The SMILES string of the molecule is O=C(Nc1ccc(Cl)cc1)C1=Cc2cc(Br)ccc2OC1. The first-order chi connectivity index (χ1) is 10.1. The molecule has 106 valence electrons. The molecule has 1 aliphatic heterocycles. The Bertz CT molecular complexity index is 726. The number of amides is 1. The summed E-state index contributed by atoms with van der Waals surface area (Å²) < 4.78 is 6.54. The number of rotatable bonds is 2. The lowest BCUT2D eigenvalue weighted by atomic mass is 10.1. The molecule has 2 aromatic carbocycles. The van der Waals surface area contributed by atoms with E-state index in [2.05, 4.69) is 21.2 Å². The van der Waals surface area contributed by atoms with Gasteiger partial charge in [0.15, 0.2) is 0 Å². The highest BCUT2D eigenvalue weighted by Crippen LogP contribution is 2.29. The standard InChI is InChI=1S/C16H11BrClNO2/c17-12-1-6-15-10(8-12)7-11(9-21-15)16(20)19-14-4-2-13(18)3-5-14/h1-8H,9H2,(H,19,20). The Morgan fingerprint density at radius 3 is 2.71 bits per heavy atom. The van der Waals surface area contributed by atoms with Crippen molar-refractivity contribution in [3.63, 3.8) is 0 Å². The Hall–Kier alpha value is -1.78. The van der Waals surface area contributed by atoms with E-state index in [9.17, 15) is 4.79 Å². The Balaban J connectivity index is 1.81. The van der Waals surface area contributed by atoms with Gasteiger partial charge in [0, 0.05) is 20.7 Å². The summed E-state index contributed by atoms with van der Waals surface area (Å²) in [5.74, 6) is 0.601. The molecule has 0 atom stereocenters. The quantitative estimate of drug-likeness (QED) is 0.851. The van der Waals surface area contributed by atoms with Crippen LogP contribution in [0.2, 0.25) is 5.02 Å². The Labute approximate surface area is 135 Å². The number of fused-ring (bicyclic) bond motifs is 1. The molecule has 0 fully saturated rings. The average Bonchev–Trinajstić information content (AvgIpc) is 2.48. The number of benzene rings is 2. The van der Waals surface area contributed by atoms with Crippen LogP contribution in [0.25, 0.3) is 6.08 Å². The summed E-state index contributed by atoms with van der Waals surface area (Å²) in [7, 11) is 0. The molecule has 0 bridgehead atoms. The highest BCUT2D eigenvalue weighted by molar-refractivity contribution is 9.10. The van der Waals surface area contributed by atoms with Gasteiger partial charge in [0.05, 0.1) is 5.57 Å². The zero-order valence-corrected chi connectivity index (χ0v) is 13.2. The molecule has 0 aliphatic carbocycles. The van der Waals surface area contributed by atoms with E-state index in [1.165, 1.54) is 0 Å². The molecule has 2 aromatic rings. The summed E-state index contributed by atoms with van der Waals surface area (Å²) in [5, 5.41) is 3.46. The van der Waals surface area contributed by atoms with Crippen molar-refractivity contribution in [3.05, 3.63) is 63.1 Å². The van der Waals surface area contributed by atoms with Crippen molar-refractivity contribution in [3.8, 4) is 5.75 Å². The lowest BCUT2D eigenvalue weighted by Crippen LogP contribution is -2.21. The molecule has 3 nitrogen and oxygen atoms in total. The van der Waals surface area contributed by atoms with Crippen molar-refractivity contribution in [2.45, 2.75) is 0 Å². The lowest BCUT2D eigenvalue weighted by molar-refractivity contribution is -0.113. The maximum absolute atomic E-state index is 12.2. The van der Waals surface area contributed by atoms with Crippen LogP contribution in [-0.4, -0.2) is 12.5 Å². The summed E-state index contributed by atoms with van der Waals surface area (Å²) in [4.78, 5) is 12.2. The number of nitrogens with one attached hydrogen (secondary N) is 1. The second-order valence-electron chi connectivity index (χ2n) is 4.60. The molecular weight excluding hydrogens is 354 g/mol. The zero-order chi connectivity index (χ0) is 14.8. The van der Waals surface area contributed by atoms with Crippen LogP contribution < -0.4 is 10.1 Å². The van der Waals surface area contributed by atoms with E-state index in [1.54, 1.807) is 24.3 Å². The smallest absolute Gasteiger partial charge is 0.255 e. The van der Waals surface area contributed by atoms with Crippen LogP contribution in [0.3, 0.4) is 0 Å². The second kappa shape index (κ2) is 5.92. The minimum atomic E-state index is -0.178. The van der Waals surface area contributed by atoms with Crippen molar-refractivity contribution >= 4 is 45.2 Å². The van der Waals surface area contributed by atoms with E-state index < -0.39 is 0 Å². The first-order valence-electron chi connectivity index (χ1n) is 6.32. The molecule has 1 amide bonds. The minimum Gasteiger partial charge on any atom is -0.488 e. The summed E-state index contributed by atoms with van der Waals surface area (Å²) in [5.41, 5.74) is 2.16. The molecule has 0 saturated heterocycles. The van der Waals surface area contributed by atoms with Gasteiger partial charge >= 0.3 is 0 Å². The van der Waals surface area contributed by atoms with Crippen LogP contribution in [0.15, 0.2) is 52.5 Å². The van der Waals surface area contributed by atoms with Gasteiger partial charge in [0.2, 0.25) is 0 Å². The molecule has 1 N–H and O–H groups in total. The van der Waals surface area contributed by atoms with Crippen LogP contribution in [0.5, 0.6) is 5.75 Å². The van der Waals surface area contributed by atoms with E-state index in [-0.39, 0.29) is 12.5 Å². The van der Waals surface area contributed by atoms with Crippen LogP contribution >= 0.6 is 27.5 Å². The molecular formula is C16H11BrClNO2. The number of anilines is 1. The summed E-state index contributed by atoms with van der Waals surface area (Å²) >= 11 is 9.23. The maximum Gasteiger partial charge on any atom is 0.255 e. The highest BCUT2D eigenvalue weighted by atomic mass is 79.9. The van der Waals surface area contributed by atoms with Gasteiger partial charge in [0.25, 0.3) is 5.91 Å². The van der Waals surface area contributed by atoms with Gasteiger partial charge in [-0.2, -0.15) is 0 Å². The summed E-state index contributed by atoms with van der Waals surface area (Å²) in [6.45, 7) is 0.258. The number of carbonyl (C=O) groups excluding carboxylic acids is 1. The monoisotopic (exact) mass is 363 g/mol. The molecule has 0 aromatic heterocycles. The Morgan fingerprint density at radius 2 is 1.95 bits per heavy atom. The van der Waals surface area contributed by atoms with Gasteiger partial charge in [-0.15, -0.1) is 0 Å². The van der Waals surface area contributed by atoms with Gasteiger partial charge in [0.1, 0.15) is 12.4 Å². The minimum absolute atomic E-state index is 0.178. The molecule has 0 spiro atoms. The normalized spacial score (nSPS) is 13.0. The fraction of sp³-hybridized carbons (Fsp3) is 0.0625. The van der Waals surface area contributed by atoms with Crippen LogP contribution in [0.4, 0.5) is 5.69 Å². The zero-order valence-electron chi connectivity index (χ0n) is 10.9. The van der Waals surface area contributed by atoms with E-state index >= 15 is 0 Å². The van der Waals surface area contributed by atoms with Crippen LogP contribution in [0, 0.1) is 0 Å². The third-order valence-corrected chi connectivity index (χ3v) is 3.82. The Morgan fingerprint density at radius 1 is 1.19 bits per heavy atom. The second-order valence-corrected chi connectivity index (χ2v) is 5.95. The topological polar surface area (TPSA) is 38.3 Å². The molecule has 1 aliphatic rings. The molecule has 3 rings (SSSR count). The van der Waals surface area contributed by atoms with Crippen molar-refractivity contribution in [2.75, 3.05) is 11.9 Å². The lowest BCUT2D eigenvalue weighted by Gasteiger charge is -2.18. The third-order valence-electron chi connectivity index (χ3n) is 3.08. The average molecular weight is 365 g/mol. The van der Waals surface area contributed by atoms with Crippen molar-refractivity contribution in [1.82, 2.24) is 0 Å². The van der Waals surface area contributed by atoms with Gasteiger partial charge in [-0.3, -0.25) is 4.79 Å². The van der Waals surface area contributed by atoms with Gasteiger partial charge in [-0.05, 0) is 48.5 Å². The van der Waals surface area contributed by atoms with E-state index in [0.717, 1.165) is 15.8 Å². The first kappa shape index (κ1) is 14.2. The number of carbonyl (C=O) groups is 1. The summed E-state index contributed by atoms with van der Waals surface area (Å²) in [6.07, 6.45) is 1.84. The largest absolute Gasteiger partial charge is 0.488 e. The van der Waals surface area contributed by atoms with Crippen molar-refractivity contribution in [1.29, 1.82) is 0 Å². The molecule has 0 unspecified atom stereocenters. The summed E-state index contributed by atoms with van der Waals surface area (Å²) in [6, 6.07) is 12.7. The van der Waals surface area contributed by atoms with Gasteiger partial charge in [-0.25, -0.2) is 0 Å². The highest BCUT2D eigenvalue weighted by Gasteiger charge is 2.17. The predicted molar refractivity (Wildman–Crippen MR) is 87.7 cm³/mol. The molecule has 21 heavy (non-hydrogen) atoms. The Kier molecular flexibility index (Phi) is 3.99. The van der Waals surface area contributed by atoms with Gasteiger partial charge < -0.3 is 10.1 Å². The third kappa shape index (κ3) is 3.28.